The third kappa shape index (κ3) is 5.78. The summed E-state index contributed by atoms with van der Waals surface area (Å²) < 4.78 is 31.8. The first-order valence-electron chi connectivity index (χ1n) is 11.8. The number of rotatable bonds is 7. The number of hydrogen-bond acceptors (Lipinski definition) is 8. The lowest BCUT2D eigenvalue weighted by atomic mass is 9.96. The molecule has 0 aliphatic carbocycles. The van der Waals surface area contributed by atoms with Crippen LogP contribution in [0.25, 0.3) is 10.9 Å². The van der Waals surface area contributed by atoms with E-state index in [-0.39, 0.29) is 11.3 Å². The van der Waals surface area contributed by atoms with Gasteiger partial charge in [0.15, 0.2) is 6.10 Å². The molecule has 3 aromatic rings. The minimum absolute atomic E-state index is 0.126. The Bertz CT molecular complexity index is 1470. The molecule has 1 aliphatic rings. The van der Waals surface area contributed by atoms with Gasteiger partial charge in [0.1, 0.15) is 0 Å². The van der Waals surface area contributed by atoms with Crippen molar-refractivity contribution in [2.24, 2.45) is 0 Å². The fraction of sp³-hybridized carbons (Fsp3) is 0.308. The summed E-state index contributed by atoms with van der Waals surface area (Å²) in [5, 5.41) is 3.33. The smallest absolute Gasteiger partial charge is 0.340 e. The summed E-state index contributed by atoms with van der Waals surface area (Å²) in [7, 11) is -2.02. The van der Waals surface area contributed by atoms with Crippen LogP contribution in [0.1, 0.15) is 41.9 Å². The van der Waals surface area contributed by atoms with Gasteiger partial charge < -0.3 is 15.0 Å². The Labute approximate surface area is 215 Å². The Morgan fingerprint density at radius 3 is 2.49 bits per heavy atom. The Kier molecular flexibility index (Phi) is 7.55. The number of hydrogen-bond donors (Lipinski definition) is 2. The number of para-hydroxylation sites is 1. The number of likely N-dealkylation sites (N-methyl/N-ethyl adjacent to an activating group) is 1. The molecule has 1 atom stereocenters. The molecule has 11 heteroatoms. The summed E-state index contributed by atoms with van der Waals surface area (Å²) in [4.78, 5) is 44.3. The molecule has 1 aliphatic heterocycles. The van der Waals surface area contributed by atoms with Gasteiger partial charge in [-0.3, -0.25) is 14.6 Å². The maximum Gasteiger partial charge on any atom is 0.340 e. The number of anilines is 1. The predicted octanol–water partition coefficient (Wildman–Crippen LogP) is 2.62. The fourth-order valence-electron chi connectivity index (χ4n) is 4.26. The van der Waals surface area contributed by atoms with Crippen LogP contribution in [0.5, 0.6) is 0 Å². The summed E-state index contributed by atoms with van der Waals surface area (Å²) in [6, 6.07) is 12.7. The van der Waals surface area contributed by atoms with Gasteiger partial charge in [0.25, 0.3) is 15.9 Å². The van der Waals surface area contributed by atoms with Crippen molar-refractivity contribution >= 4 is 44.4 Å². The first-order valence-corrected chi connectivity index (χ1v) is 13.3. The lowest BCUT2D eigenvalue weighted by Gasteiger charge is -2.27. The largest absolute Gasteiger partial charge is 0.449 e. The highest BCUT2D eigenvalue weighted by Gasteiger charge is 2.29. The van der Waals surface area contributed by atoms with Crippen LogP contribution >= 0.6 is 0 Å². The molecular weight excluding hydrogens is 496 g/mol. The lowest BCUT2D eigenvalue weighted by Crippen LogP contribution is -2.34. The summed E-state index contributed by atoms with van der Waals surface area (Å²) in [5.74, 6) is -1.85. The van der Waals surface area contributed by atoms with E-state index in [0.717, 1.165) is 24.7 Å². The molecule has 194 valence electrons. The number of benzene rings is 2. The molecule has 2 aromatic carbocycles. The van der Waals surface area contributed by atoms with Crippen LogP contribution < -0.4 is 10.0 Å². The molecular formula is C26H28N4O6S. The molecule has 2 amide bonds. The number of amides is 2. The van der Waals surface area contributed by atoms with Gasteiger partial charge in [-0.05, 0) is 43.8 Å². The predicted molar refractivity (Wildman–Crippen MR) is 137 cm³/mol. The SMILES string of the molecule is CCC(OC(=O)c1c2c(nc3ccccc13)CCN(C)C2)C(=O)Nc1ccc(S(=O)(=O)NC(C)=O)cc1. The first-order chi connectivity index (χ1) is 17.6. The highest BCUT2D eigenvalue weighted by atomic mass is 32.2. The molecule has 4 rings (SSSR count). The second-order valence-corrected chi connectivity index (χ2v) is 10.6. The van der Waals surface area contributed by atoms with E-state index < -0.39 is 33.9 Å². The second kappa shape index (κ2) is 10.7. The summed E-state index contributed by atoms with van der Waals surface area (Å²) in [6.45, 7) is 4.21. The number of nitrogens with one attached hydrogen (secondary N) is 2. The number of fused-ring (bicyclic) bond motifs is 2. The zero-order valence-corrected chi connectivity index (χ0v) is 21.6. The molecule has 10 nitrogen and oxygen atoms in total. The van der Waals surface area contributed by atoms with Crippen LogP contribution in [-0.2, 0) is 37.3 Å². The molecule has 0 fully saturated rings. The quantitative estimate of drug-likeness (QED) is 0.451. The van der Waals surface area contributed by atoms with Gasteiger partial charge in [0, 0.05) is 48.8 Å². The maximum absolute atomic E-state index is 13.5. The van der Waals surface area contributed by atoms with E-state index in [4.69, 9.17) is 9.72 Å². The molecule has 2 heterocycles. The molecule has 37 heavy (non-hydrogen) atoms. The monoisotopic (exact) mass is 524 g/mol. The van der Waals surface area contributed by atoms with E-state index in [1.807, 2.05) is 36.0 Å². The Morgan fingerprint density at radius 2 is 1.81 bits per heavy atom. The van der Waals surface area contributed by atoms with Crippen LogP contribution in [0.2, 0.25) is 0 Å². The molecule has 1 aromatic heterocycles. The Hall–Kier alpha value is -3.83. The topological polar surface area (TPSA) is 135 Å². The number of carbonyl (C=O) groups is 3. The fourth-order valence-corrected chi connectivity index (χ4v) is 5.25. The van der Waals surface area contributed by atoms with Crippen molar-refractivity contribution in [1.82, 2.24) is 14.6 Å². The summed E-state index contributed by atoms with van der Waals surface area (Å²) in [6.07, 6.45) is -0.126. The minimum Gasteiger partial charge on any atom is -0.449 e. The number of nitrogens with zero attached hydrogens (tertiary/aromatic N) is 2. The number of esters is 1. The lowest BCUT2D eigenvalue weighted by molar-refractivity contribution is -0.124. The van der Waals surface area contributed by atoms with E-state index in [1.54, 1.807) is 6.92 Å². The normalized spacial score (nSPS) is 14.5. The number of aromatic nitrogens is 1. The van der Waals surface area contributed by atoms with Gasteiger partial charge in [-0.15, -0.1) is 0 Å². The number of pyridine rings is 1. The molecule has 0 spiro atoms. The highest BCUT2D eigenvalue weighted by molar-refractivity contribution is 7.90. The highest BCUT2D eigenvalue weighted by Crippen LogP contribution is 2.29. The molecule has 0 saturated heterocycles. The minimum atomic E-state index is -3.99. The van der Waals surface area contributed by atoms with Gasteiger partial charge in [-0.2, -0.15) is 0 Å². The van der Waals surface area contributed by atoms with Gasteiger partial charge in [0.2, 0.25) is 5.91 Å². The zero-order chi connectivity index (χ0) is 26.7. The van der Waals surface area contributed by atoms with Crippen LogP contribution in [-0.4, -0.2) is 55.8 Å². The second-order valence-electron chi connectivity index (χ2n) is 8.89. The van der Waals surface area contributed by atoms with E-state index in [0.29, 0.717) is 35.1 Å². The Balaban J connectivity index is 1.54. The van der Waals surface area contributed by atoms with Gasteiger partial charge in [-0.25, -0.2) is 17.9 Å². The third-order valence-corrected chi connectivity index (χ3v) is 7.51. The average molecular weight is 525 g/mol. The standard InChI is InChI=1S/C26H28N4O6S/c1-4-23(25(32)27-17-9-11-18(12-10-17)37(34,35)29-16(2)31)36-26(33)24-19-7-5-6-8-21(19)28-22-13-14-30(3)15-20(22)24/h5-12,23H,4,13-15H2,1-3H3,(H,27,32)(H,29,31). The molecule has 0 bridgehead atoms. The average Bonchev–Trinajstić information content (AvgIpc) is 2.85. The number of carbonyl (C=O) groups excluding carboxylic acids is 3. The van der Waals surface area contributed by atoms with Crippen LogP contribution in [0.3, 0.4) is 0 Å². The van der Waals surface area contributed by atoms with E-state index in [2.05, 4.69) is 10.2 Å². The number of ether oxygens (including phenoxy) is 1. The van der Waals surface area contributed by atoms with Crippen molar-refractivity contribution < 1.29 is 27.5 Å². The maximum atomic E-state index is 13.5. The summed E-state index contributed by atoms with van der Waals surface area (Å²) in [5.41, 5.74) is 3.10. The van der Waals surface area contributed by atoms with Crippen LogP contribution in [0.4, 0.5) is 5.69 Å². The molecule has 0 radical (unpaired) electrons. The molecule has 0 saturated carbocycles. The summed E-state index contributed by atoms with van der Waals surface area (Å²) >= 11 is 0. The molecule has 2 N–H and O–H groups in total. The van der Waals surface area contributed by atoms with E-state index in [9.17, 15) is 22.8 Å². The van der Waals surface area contributed by atoms with Crippen molar-refractivity contribution in [3.8, 4) is 0 Å². The van der Waals surface area contributed by atoms with Crippen molar-refractivity contribution in [3.63, 3.8) is 0 Å². The van der Waals surface area contributed by atoms with E-state index in [1.165, 1.54) is 24.3 Å². The first kappa shape index (κ1) is 26.2. The molecule has 1 unspecified atom stereocenters. The van der Waals surface area contributed by atoms with Crippen LogP contribution in [0, 0.1) is 0 Å². The van der Waals surface area contributed by atoms with Gasteiger partial charge in [0.05, 0.1) is 16.0 Å². The van der Waals surface area contributed by atoms with Crippen molar-refractivity contribution in [3.05, 3.63) is 65.4 Å². The van der Waals surface area contributed by atoms with Gasteiger partial charge >= 0.3 is 5.97 Å². The van der Waals surface area contributed by atoms with Crippen LogP contribution in [0.15, 0.2) is 53.4 Å². The van der Waals surface area contributed by atoms with Crippen molar-refractivity contribution in [2.45, 2.75) is 44.2 Å². The zero-order valence-electron chi connectivity index (χ0n) is 20.8. The third-order valence-electron chi connectivity index (χ3n) is 6.06. The number of sulfonamides is 1. The Morgan fingerprint density at radius 1 is 1.11 bits per heavy atom. The van der Waals surface area contributed by atoms with Gasteiger partial charge in [-0.1, -0.05) is 25.1 Å². The van der Waals surface area contributed by atoms with E-state index >= 15 is 0 Å². The van der Waals surface area contributed by atoms with Crippen molar-refractivity contribution in [1.29, 1.82) is 0 Å². The van der Waals surface area contributed by atoms with Crippen molar-refractivity contribution in [2.75, 3.05) is 18.9 Å².